The molecule has 3 fully saturated rings. The number of carbonyl (C=O) groups excluding carboxylic acids is 1. The molecule has 6 heteroatoms. The van der Waals surface area contributed by atoms with Crippen LogP contribution in [0, 0.1) is 5.41 Å². The summed E-state index contributed by atoms with van der Waals surface area (Å²) in [4.78, 5) is 15.2. The van der Waals surface area contributed by atoms with E-state index in [-0.39, 0.29) is 17.4 Å². The monoisotopic (exact) mass is 304 g/mol. The first kappa shape index (κ1) is 14.2. The second-order valence-electron chi connectivity index (χ2n) is 7.03. The predicted octanol–water partition coefficient (Wildman–Crippen LogP) is 0.680. The van der Waals surface area contributed by atoms with Crippen molar-refractivity contribution in [2.45, 2.75) is 44.4 Å². The van der Waals surface area contributed by atoms with Crippen molar-refractivity contribution in [3.05, 3.63) is 18.0 Å². The molecule has 1 N–H and O–H groups in total. The van der Waals surface area contributed by atoms with Crippen LogP contribution in [0.2, 0.25) is 0 Å². The Morgan fingerprint density at radius 2 is 2.36 bits per heavy atom. The maximum absolute atomic E-state index is 12.8. The number of amides is 1. The molecule has 2 saturated heterocycles. The van der Waals surface area contributed by atoms with Crippen LogP contribution < -0.4 is 5.32 Å². The van der Waals surface area contributed by atoms with Crippen molar-refractivity contribution >= 4 is 5.91 Å². The third-order valence-electron chi connectivity index (χ3n) is 5.23. The van der Waals surface area contributed by atoms with E-state index in [2.05, 4.69) is 15.3 Å². The molecule has 0 radical (unpaired) electrons. The fourth-order valence-electron chi connectivity index (χ4n) is 3.86. The molecule has 0 unspecified atom stereocenters. The fourth-order valence-corrected chi connectivity index (χ4v) is 3.86. The lowest BCUT2D eigenvalue weighted by Crippen LogP contribution is -2.57. The number of carbonyl (C=O) groups is 1. The molecule has 2 atom stereocenters. The first-order valence-electron chi connectivity index (χ1n) is 8.28. The number of rotatable bonds is 4. The Morgan fingerprint density at radius 1 is 1.50 bits per heavy atom. The molecule has 22 heavy (non-hydrogen) atoms. The van der Waals surface area contributed by atoms with Gasteiger partial charge < -0.3 is 10.1 Å². The maximum Gasteiger partial charge on any atom is 0.230 e. The number of hydrogen-bond donors (Lipinski definition) is 1. The van der Waals surface area contributed by atoms with Gasteiger partial charge in [-0.3, -0.25) is 14.4 Å². The number of fused-ring (bicyclic) bond motifs is 1. The number of hydrogen-bond acceptors (Lipinski definition) is 4. The van der Waals surface area contributed by atoms with Crippen LogP contribution >= 0.6 is 0 Å². The standard InChI is InChI=1S/C16H24N4O2/c1-19-9-12(8-17-19)10-20-6-4-14-16(11-20,5-7-22-14)15(21)18-13-2-3-13/h8-9,13-14H,2-7,10-11H2,1H3,(H,18,21)/t14-,16-/m1/s1. The molecule has 6 nitrogen and oxygen atoms in total. The first-order chi connectivity index (χ1) is 10.7. The van der Waals surface area contributed by atoms with Crippen LogP contribution in [0.5, 0.6) is 0 Å². The molecule has 0 bridgehead atoms. The van der Waals surface area contributed by atoms with Crippen LogP contribution in [0.3, 0.4) is 0 Å². The zero-order valence-corrected chi connectivity index (χ0v) is 13.1. The first-order valence-corrected chi connectivity index (χ1v) is 8.28. The maximum atomic E-state index is 12.8. The number of likely N-dealkylation sites (tertiary alicyclic amines) is 1. The average molecular weight is 304 g/mol. The van der Waals surface area contributed by atoms with E-state index < -0.39 is 0 Å². The molecule has 4 rings (SSSR count). The van der Waals surface area contributed by atoms with Gasteiger partial charge >= 0.3 is 0 Å². The molecule has 3 aliphatic rings. The SMILES string of the molecule is Cn1cc(CN2CC[C@H]3OCC[C@@]3(C(=O)NC3CC3)C2)cn1. The number of piperidine rings is 1. The van der Waals surface area contributed by atoms with Crippen LogP contribution in [0.1, 0.15) is 31.2 Å². The number of nitrogens with zero attached hydrogens (tertiary/aromatic N) is 3. The minimum Gasteiger partial charge on any atom is -0.377 e. The molecule has 1 amide bonds. The Balaban J connectivity index is 1.49. The lowest BCUT2D eigenvalue weighted by Gasteiger charge is -2.42. The molecular formula is C16H24N4O2. The molecular weight excluding hydrogens is 280 g/mol. The molecule has 1 aromatic rings. The van der Waals surface area contributed by atoms with Gasteiger partial charge in [0.1, 0.15) is 0 Å². The summed E-state index contributed by atoms with van der Waals surface area (Å²) in [6.07, 6.45) is 8.11. The lowest BCUT2D eigenvalue weighted by atomic mass is 9.75. The van der Waals surface area contributed by atoms with E-state index in [1.54, 1.807) is 0 Å². The van der Waals surface area contributed by atoms with Gasteiger partial charge in [-0.2, -0.15) is 5.10 Å². The Kier molecular flexibility index (Phi) is 3.46. The van der Waals surface area contributed by atoms with E-state index in [9.17, 15) is 4.79 Å². The summed E-state index contributed by atoms with van der Waals surface area (Å²) in [5, 5.41) is 7.45. The zero-order chi connectivity index (χ0) is 15.2. The van der Waals surface area contributed by atoms with Crippen molar-refractivity contribution < 1.29 is 9.53 Å². The van der Waals surface area contributed by atoms with Crippen molar-refractivity contribution in [2.24, 2.45) is 12.5 Å². The molecule has 120 valence electrons. The largest absolute Gasteiger partial charge is 0.377 e. The minimum atomic E-state index is -0.344. The molecule has 3 heterocycles. The Morgan fingerprint density at radius 3 is 3.09 bits per heavy atom. The van der Waals surface area contributed by atoms with Gasteiger partial charge in [0.25, 0.3) is 0 Å². The Labute approximate surface area is 130 Å². The summed E-state index contributed by atoms with van der Waals surface area (Å²) in [6, 6.07) is 0.414. The second-order valence-corrected chi connectivity index (χ2v) is 7.03. The van der Waals surface area contributed by atoms with E-state index >= 15 is 0 Å². The second kappa shape index (κ2) is 5.35. The van der Waals surface area contributed by atoms with Gasteiger partial charge in [0, 0.05) is 51.1 Å². The molecule has 1 aromatic heterocycles. The van der Waals surface area contributed by atoms with Gasteiger partial charge in [0.2, 0.25) is 5.91 Å². The van der Waals surface area contributed by atoms with Gasteiger partial charge in [0.15, 0.2) is 0 Å². The summed E-state index contributed by atoms with van der Waals surface area (Å²) < 4.78 is 7.71. The highest BCUT2D eigenvalue weighted by atomic mass is 16.5. The summed E-state index contributed by atoms with van der Waals surface area (Å²) in [5.41, 5.74) is 0.862. The topological polar surface area (TPSA) is 59.4 Å². The van der Waals surface area contributed by atoms with Gasteiger partial charge in [-0.1, -0.05) is 0 Å². The Bertz CT molecular complexity index is 568. The van der Waals surface area contributed by atoms with E-state index in [0.717, 1.165) is 45.3 Å². The van der Waals surface area contributed by atoms with Gasteiger partial charge in [0.05, 0.1) is 17.7 Å². The van der Waals surface area contributed by atoms with Crippen LogP contribution in [0.15, 0.2) is 12.4 Å². The van der Waals surface area contributed by atoms with Crippen molar-refractivity contribution in [3.8, 4) is 0 Å². The van der Waals surface area contributed by atoms with Crippen LogP contribution in [0.4, 0.5) is 0 Å². The molecule has 1 saturated carbocycles. The summed E-state index contributed by atoms with van der Waals surface area (Å²) in [5.74, 6) is 0.216. The minimum absolute atomic E-state index is 0.0939. The van der Waals surface area contributed by atoms with E-state index in [1.807, 2.05) is 24.1 Å². The van der Waals surface area contributed by atoms with Gasteiger partial charge in [-0.05, 0) is 25.7 Å². The number of ether oxygens (including phenoxy) is 1. The summed E-state index contributed by atoms with van der Waals surface area (Å²) in [7, 11) is 1.94. The van der Waals surface area contributed by atoms with E-state index in [4.69, 9.17) is 4.74 Å². The van der Waals surface area contributed by atoms with Crippen molar-refractivity contribution in [2.75, 3.05) is 19.7 Å². The quantitative estimate of drug-likeness (QED) is 0.889. The predicted molar refractivity (Wildman–Crippen MR) is 81.1 cm³/mol. The highest BCUT2D eigenvalue weighted by Crippen LogP contribution is 2.42. The molecule has 0 aromatic carbocycles. The van der Waals surface area contributed by atoms with E-state index in [0.29, 0.717) is 12.6 Å². The summed E-state index contributed by atoms with van der Waals surface area (Å²) in [6.45, 7) is 3.35. The zero-order valence-electron chi connectivity index (χ0n) is 13.1. The highest BCUT2D eigenvalue weighted by Gasteiger charge is 2.53. The highest BCUT2D eigenvalue weighted by molar-refractivity contribution is 5.84. The normalized spacial score (nSPS) is 32.0. The fraction of sp³-hybridized carbons (Fsp3) is 0.750. The number of aromatic nitrogens is 2. The third-order valence-corrected chi connectivity index (χ3v) is 5.23. The Hall–Kier alpha value is -1.40. The van der Waals surface area contributed by atoms with E-state index in [1.165, 1.54) is 5.56 Å². The lowest BCUT2D eigenvalue weighted by molar-refractivity contribution is -0.139. The van der Waals surface area contributed by atoms with Crippen molar-refractivity contribution in [1.82, 2.24) is 20.0 Å². The van der Waals surface area contributed by atoms with Crippen molar-refractivity contribution in [3.63, 3.8) is 0 Å². The molecule has 1 aliphatic carbocycles. The van der Waals surface area contributed by atoms with Crippen LogP contribution in [-0.2, 0) is 23.1 Å². The number of nitrogens with one attached hydrogen (secondary N) is 1. The third kappa shape index (κ3) is 2.54. The smallest absolute Gasteiger partial charge is 0.230 e. The summed E-state index contributed by atoms with van der Waals surface area (Å²) >= 11 is 0. The van der Waals surface area contributed by atoms with Crippen molar-refractivity contribution in [1.29, 1.82) is 0 Å². The number of aryl methyl sites for hydroxylation is 1. The average Bonchev–Trinajstić information content (AvgIpc) is 3.05. The molecule has 2 aliphatic heterocycles. The van der Waals surface area contributed by atoms with Crippen LogP contribution in [-0.4, -0.2) is 52.4 Å². The molecule has 0 spiro atoms. The van der Waals surface area contributed by atoms with Gasteiger partial charge in [-0.15, -0.1) is 0 Å². The van der Waals surface area contributed by atoms with Gasteiger partial charge in [-0.25, -0.2) is 0 Å². The van der Waals surface area contributed by atoms with Crippen LogP contribution in [0.25, 0.3) is 0 Å².